The van der Waals surface area contributed by atoms with Crippen LogP contribution in [-0.2, 0) is 4.79 Å². The van der Waals surface area contributed by atoms with Crippen molar-refractivity contribution in [3.05, 3.63) is 0 Å². The first kappa shape index (κ1) is 15.6. The highest BCUT2D eigenvalue weighted by Gasteiger charge is 2.36. The number of hydrogen-bond donors (Lipinski definition) is 2. The van der Waals surface area contributed by atoms with Crippen LogP contribution in [-0.4, -0.2) is 65.2 Å². The molecule has 2 aliphatic rings. The van der Waals surface area contributed by atoms with E-state index in [1.807, 2.05) is 0 Å². The quantitative estimate of drug-likeness (QED) is 0.750. The summed E-state index contributed by atoms with van der Waals surface area (Å²) in [7, 11) is 2.15. The third-order valence-corrected chi connectivity index (χ3v) is 4.56. The molecule has 0 radical (unpaired) electrons. The number of carboxylic acid groups (broad SMARTS) is 1. The van der Waals surface area contributed by atoms with E-state index in [0.29, 0.717) is 12.1 Å². The number of carboxylic acids is 1. The van der Waals surface area contributed by atoms with E-state index < -0.39 is 5.97 Å². The summed E-state index contributed by atoms with van der Waals surface area (Å²) in [6.45, 7) is -0.354. The van der Waals surface area contributed by atoms with Crippen molar-refractivity contribution >= 4 is 12.0 Å². The number of piperidine rings is 2. The number of amides is 2. The average Bonchev–Trinajstić information content (AvgIpc) is 2.39. The predicted octanol–water partition coefficient (Wildman–Crippen LogP) is 0.731. The van der Waals surface area contributed by atoms with E-state index in [0.717, 1.165) is 17.7 Å². The summed E-state index contributed by atoms with van der Waals surface area (Å²) in [5.41, 5.74) is 0. The zero-order valence-electron chi connectivity index (χ0n) is 12.4. The molecule has 6 nitrogen and oxygen atoms in total. The Labute approximate surface area is 125 Å². The smallest absolute Gasteiger partial charge is 0.323 e. The first-order chi connectivity index (χ1) is 10.0. The summed E-state index contributed by atoms with van der Waals surface area (Å²) in [5.74, 6) is 1.28. The third-order valence-electron chi connectivity index (χ3n) is 4.56. The van der Waals surface area contributed by atoms with Gasteiger partial charge in [-0.2, -0.15) is 0 Å². The summed E-state index contributed by atoms with van der Waals surface area (Å²) in [6.07, 6.45) is 10.6. The zero-order chi connectivity index (χ0) is 15.4. The molecule has 2 rings (SSSR count). The van der Waals surface area contributed by atoms with Crippen LogP contribution >= 0.6 is 0 Å². The highest BCUT2D eigenvalue weighted by atomic mass is 16.4. The van der Waals surface area contributed by atoms with Crippen molar-refractivity contribution in [1.29, 1.82) is 0 Å². The Kier molecular flexibility index (Phi) is 5.07. The molecule has 0 spiro atoms. The SMILES string of the molecule is C#CCN(CC(=O)O)C(=O)NC1CC2CCCC(C1)N2C. The van der Waals surface area contributed by atoms with E-state index in [1.54, 1.807) is 0 Å². The summed E-state index contributed by atoms with van der Waals surface area (Å²) < 4.78 is 0. The largest absolute Gasteiger partial charge is 0.480 e. The van der Waals surface area contributed by atoms with Gasteiger partial charge in [-0.15, -0.1) is 6.42 Å². The zero-order valence-corrected chi connectivity index (χ0v) is 12.4. The lowest BCUT2D eigenvalue weighted by Gasteiger charge is -2.47. The van der Waals surface area contributed by atoms with Gasteiger partial charge in [0, 0.05) is 18.1 Å². The summed E-state index contributed by atoms with van der Waals surface area (Å²) in [6, 6.07) is 0.771. The van der Waals surface area contributed by atoms with E-state index in [-0.39, 0.29) is 25.2 Å². The van der Waals surface area contributed by atoms with Gasteiger partial charge < -0.3 is 20.2 Å². The second kappa shape index (κ2) is 6.81. The Balaban J connectivity index is 1.92. The Morgan fingerprint density at radius 2 is 2.00 bits per heavy atom. The van der Waals surface area contributed by atoms with E-state index in [1.165, 1.54) is 19.3 Å². The van der Waals surface area contributed by atoms with E-state index in [2.05, 4.69) is 23.2 Å². The summed E-state index contributed by atoms with van der Waals surface area (Å²) >= 11 is 0. The predicted molar refractivity (Wildman–Crippen MR) is 78.8 cm³/mol. The van der Waals surface area contributed by atoms with Crippen molar-refractivity contribution in [2.24, 2.45) is 0 Å². The van der Waals surface area contributed by atoms with Crippen LogP contribution in [0, 0.1) is 12.3 Å². The van der Waals surface area contributed by atoms with Crippen LogP contribution in [0.15, 0.2) is 0 Å². The van der Waals surface area contributed by atoms with Gasteiger partial charge in [0.15, 0.2) is 0 Å². The number of rotatable bonds is 4. The highest BCUT2D eigenvalue weighted by molar-refractivity contribution is 5.80. The van der Waals surface area contributed by atoms with Crippen LogP contribution in [0.3, 0.4) is 0 Å². The maximum Gasteiger partial charge on any atom is 0.323 e. The van der Waals surface area contributed by atoms with Gasteiger partial charge in [0.1, 0.15) is 6.54 Å². The van der Waals surface area contributed by atoms with Crippen LogP contribution in [0.25, 0.3) is 0 Å². The molecule has 0 aromatic carbocycles. The molecular weight excluding hydrogens is 270 g/mol. The number of aliphatic carboxylic acids is 1. The van der Waals surface area contributed by atoms with Gasteiger partial charge in [0.2, 0.25) is 0 Å². The second-order valence-electron chi connectivity index (χ2n) is 5.98. The fourth-order valence-corrected chi connectivity index (χ4v) is 3.47. The molecule has 0 saturated carbocycles. The van der Waals surface area contributed by atoms with Gasteiger partial charge >= 0.3 is 12.0 Å². The van der Waals surface area contributed by atoms with Crippen LogP contribution in [0.2, 0.25) is 0 Å². The fraction of sp³-hybridized carbons (Fsp3) is 0.733. The number of fused-ring (bicyclic) bond motifs is 2. The topological polar surface area (TPSA) is 72.9 Å². The highest BCUT2D eigenvalue weighted by Crippen LogP contribution is 2.32. The molecule has 2 aliphatic heterocycles. The molecule has 0 aromatic heterocycles. The summed E-state index contributed by atoms with van der Waals surface area (Å²) in [4.78, 5) is 26.5. The molecule has 21 heavy (non-hydrogen) atoms. The molecule has 0 aromatic rings. The van der Waals surface area contributed by atoms with Gasteiger partial charge in [-0.3, -0.25) is 4.79 Å². The van der Waals surface area contributed by atoms with Gasteiger partial charge in [0.25, 0.3) is 0 Å². The van der Waals surface area contributed by atoms with Crippen molar-refractivity contribution < 1.29 is 14.7 Å². The van der Waals surface area contributed by atoms with E-state index in [9.17, 15) is 9.59 Å². The fourth-order valence-electron chi connectivity index (χ4n) is 3.47. The normalized spacial score (nSPS) is 28.5. The molecule has 2 amide bonds. The van der Waals surface area contributed by atoms with Crippen molar-refractivity contribution in [3.63, 3.8) is 0 Å². The molecule has 2 heterocycles. The minimum absolute atomic E-state index is 0.0115. The second-order valence-corrected chi connectivity index (χ2v) is 5.98. The molecule has 6 heteroatoms. The first-order valence-electron chi connectivity index (χ1n) is 7.44. The lowest BCUT2D eigenvalue weighted by atomic mass is 9.82. The number of hydrogen-bond acceptors (Lipinski definition) is 3. The third kappa shape index (κ3) is 3.88. The van der Waals surface area contributed by atoms with Crippen molar-refractivity contribution in [1.82, 2.24) is 15.1 Å². The summed E-state index contributed by atoms with van der Waals surface area (Å²) in [5, 5.41) is 11.8. The van der Waals surface area contributed by atoms with E-state index >= 15 is 0 Å². The number of urea groups is 1. The Morgan fingerprint density at radius 1 is 1.38 bits per heavy atom. The molecule has 2 saturated heterocycles. The lowest BCUT2D eigenvalue weighted by Crippen LogP contribution is -2.57. The number of nitrogens with one attached hydrogen (secondary N) is 1. The molecule has 2 unspecified atom stereocenters. The molecule has 0 aliphatic carbocycles. The minimum Gasteiger partial charge on any atom is -0.480 e. The lowest BCUT2D eigenvalue weighted by molar-refractivity contribution is -0.137. The molecule has 2 N–H and O–H groups in total. The first-order valence-corrected chi connectivity index (χ1v) is 7.44. The standard InChI is InChI=1S/C15H23N3O3/c1-3-7-18(10-14(19)20)15(21)16-11-8-12-5-4-6-13(9-11)17(12)2/h1,11-13H,4-10H2,2H3,(H,16,21)(H,19,20). The van der Waals surface area contributed by atoms with Crippen molar-refractivity contribution in [3.8, 4) is 12.3 Å². The van der Waals surface area contributed by atoms with Gasteiger partial charge in [-0.1, -0.05) is 12.3 Å². The Bertz CT molecular complexity index is 432. The number of nitrogens with zero attached hydrogens (tertiary/aromatic N) is 2. The van der Waals surface area contributed by atoms with Crippen molar-refractivity contribution in [2.75, 3.05) is 20.1 Å². The van der Waals surface area contributed by atoms with Gasteiger partial charge in [-0.05, 0) is 32.7 Å². The van der Waals surface area contributed by atoms with Crippen LogP contribution in [0.5, 0.6) is 0 Å². The molecule has 2 atom stereocenters. The molecular formula is C15H23N3O3. The molecule has 116 valence electrons. The Hall–Kier alpha value is -1.74. The number of carbonyl (C=O) groups is 2. The average molecular weight is 293 g/mol. The number of terminal acetylenes is 1. The molecule has 2 fully saturated rings. The minimum atomic E-state index is -1.05. The maximum atomic E-state index is 12.2. The van der Waals surface area contributed by atoms with Crippen LogP contribution < -0.4 is 5.32 Å². The Morgan fingerprint density at radius 3 is 2.52 bits per heavy atom. The monoisotopic (exact) mass is 293 g/mol. The van der Waals surface area contributed by atoms with E-state index in [4.69, 9.17) is 11.5 Å². The van der Waals surface area contributed by atoms with Gasteiger partial charge in [-0.25, -0.2) is 4.79 Å². The van der Waals surface area contributed by atoms with Crippen LogP contribution in [0.1, 0.15) is 32.1 Å². The number of carbonyl (C=O) groups excluding carboxylic acids is 1. The maximum absolute atomic E-state index is 12.2. The van der Waals surface area contributed by atoms with Crippen molar-refractivity contribution in [2.45, 2.75) is 50.2 Å². The van der Waals surface area contributed by atoms with Gasteiger partial charge in [0.05, 0.1) is 6.54 Å². The van der Waals surface area contributed by atoms with Crippen LogP contribution in [0.4, 0.5) is 4.79 Å². The molecule has 2 bridgehead atoms.